The second kappa shape index (κ2) is 2.01. The van der Waals surface area contributed by atoms with Crippen LogP contribution in [0.25, 0.3) is 0 Å². The standard InChI is InChI=1S/C8H12N2O/c1-8(11)5-10(6-8)7-3-2-4-9-7/h2-4,9,11H,5-6H2,1H3. The van der Waals surface area contributed by atoms with Gasteiger partial charge in [-0.3, -0.25) is 0 Å². The Morgan fingerprint density at radius 2 is 2.36 bits per heavy atom. The smallest absolute Gasteiger partial charge is 0.106 e. The van der Waals surface area contributed by atoms with Crippen LogP contribution in [0.4, 0.5) is 5.82 Å². The summed E-state index contributed by atoms with van der Waals surface area (Å²) in [6.45, 7) is 3.31. The number of hydrogen-bond donors (Lipinski definition) is 2. The van der Waals surface area contributed by atoms with Crippen molar-refractivity contribution in [2.45, 2.75) is 12.5 Å². The van der Waals surface area contributed by atoms with Gasteiger partial charge in [0.1, 0.15) is 5.82 Å². The highest BCUT2D eigenvalue weighted by molar-refractivity contribution is 5.43. The molecule has 0 bridgehead atoms. The van der Waals surface area contributed by atoms with E-state index < -0.39 is 5.60 Å². The molecule has 60 valence electrons. The minimum atomic E-state index is -0.481. The number of rotatable bonds is 1. The van der Waals surface area contributed by atoms with Crippen molar-refractivity contribution in [1.29, 1.82) is 0 Å². The second-order valence-corrected chi connectivity index (χ2v) is 3.41. The van der Waals surface area contributed by atoms with Gasteiger partial charge in [0.25, 0.3) is 0 Å². The largest absolute Gasteiger partial charge is 0.386 e. The first-order valence-corrected chi connectivity index (χ1v) is 3.78. The van der Waals surface area contributed by atoms with Crippen LogP contribution in [0.5, 0.6) is 0 Å². The Hall–Kier alpha value is -0.960. The van der Waals surface area contributed by atoms with Gasteiger partial charge >= 0.3 is 0 Å². The van der Waals surface area contributed by atoms with Crippen molar-refractivity contribution in [2.75, 3.05) is 18.0 Å². The molecule has 2 rings (SSSR count). The van der Waals surface area contributed by atoms with Crippen molar-refractivity contribution in [1.82, 2.24) is 4.98 Å². The number of aliphatic hydroxyl groups is 1. The number of anilines is 1. The lowest BCUT2D eigenvalue weighted by Gasteiger charge is -2.44. The summed E-state index contributed by atoms with van der Waals surface area (Å²) in [5.74, 6) is 1.09. The van der Waals surface area contributed by atoms with Crippen LogP contribution in [-0.4, -0.2) is 28.8 Å². The highest BCUT2D eigenvalue weighted by atomic mass is 16.3. The fourth-order valence-electron chi connectivity index (χ4n) is 1.46. The molecule has 1 aromatic heterocycles. The maximum absolute atomic E-state index is 9.43. The molecule has 0 spiro atoms. The number of hydrogen-bond acceptors (Lipinski definition) is 2. The number of H-pyrrole nitrogens is 1. The summed E-state index contributed by atoms with van der Waals surface area (Å²) in [6, 6.07) is 3.97. The molecule has 1 saturated heterocycles. The van der Waals surface area contributed by atoms with Gasteiger partial charge in [-0.1, -0.05) is 0 Å². The Morgan fingerprint density at radius 1 is 1.64 bits per heavy atom. The molecule has 0 amide bonds. The molecule has 0 aromatic carbocycles. The van der Waals surface area contributed by atoms with E-state index in [1.807, 2.05) is 25.3 Å². The van der Waals surface area contributed by atoms with E-state index in [4.69, 9.17) is 0 Å². The first-order valence-electron chi connectivity index (χ1n) is 3.78. The van der Waals surface area contributed by atoms with E-state index in [0.717, 1.165) is 18.9 Å². The van der Waals surface area contributed by atoms with Gasteiger partial charge in [0.05, 0.1) is 5.60 Å². The quantitative estimate of drug-likeness (QED) is 0.618. The van der Waals surface area contributed by atoms with Crippen LogP contribution in [0.3, 0.4) is 0 Å². The maximum atomic E-state index is 9.43. The summed E-state index contributed by atoms with van der Waals surface area (Å²) in [5.41, 5.74) is -0.481. The minimum absolute atomic E-state index is 0.481. The van der Waals surface area contributed by atoms with Crippen molar-refractivity contribution in [3.63, 3.8) is 0 Å². The molecule has 2 N–H and O–H groups in total. The van der Waals surface area contributed by atoms with E-state index in [1.54, 1.807) is 0 Å². The highest BCUT2D eigenvalue weighted by Gasteiger charge is 2.36. The fraction of sp³-hybridized carbons (Fsp3) is 0.500. The second-order valence-electron chi connectivity index (χ2n) is 3.41. The lowest BCUT2D eigenvalue weighted by molar-refractivity contribution is 0.0306. The Balaban J connectivity index is 2.03. The zero-order valence-electron chi connectivity index (χ0n) is 6.54. The monoisotopic (exact) mass is 152 g/mol. The predicted molar refractivity (Wildman–Crippen MR) is 43.6 cm³/mol. The zero-order valence-corrected chi connectivity index (χ0v) is 6.54. The summed E-state index contributed by atoms with van der Waals surface area (Å²) < 4.78 is 0. The lowest BCUT2D eigenvalue weighted by Crippen LogP contribution is -2.60. The van der Waals surface area contributed by atoms with Crippen molar-refractivity contribution < 1.29 is 5.11 Å². The number of nitrogens with zero attached hydrogens (tertiary/aromatic N) is 1. The molecule has 0 radical (unpaired) electrons. The van der Waals surface area contributed by atoms with E-state index in [0.29, 0.717) is 0 Å². The summed E-state index contributed by atoms with van der Waals surface area (Å²) in [5, 5.41) is 9.43. The molecule has 0 atom stereocenters. The van der Waals surface area contributed by atoms with Gasteiger partial charge in [0.15, 0.2) is 0 Å². The molecule has 0 aliphatic carbocycles. The minimum Gasteiger partial charge on any atom is -0.386 e. The van der Waals surface area contributed by atoms with Crippen LogP contribution in [0.2, 0.25) is 0 Å². The number of aromatic amines is 1. The first-order chi connectivity index (χ1) is 5.17. The average molecular weight is 152 g/mol. The van der Waals surface area contributed by atoms with Crippen LogP contribution >= 0.6 is 0 Å². The normalized spacial score (nSPS) is 21.5. The molecular formula is C8H12N2O. The molecule has 11 heavy (non-hydrogen) atoms. The number of aromatic nitrogens is 1. The van der Waals surface area contributed by atoms with Gasteiger partial charge in [0, 0.05) is 19.3 Å². The molecule has 2 heterocycles. The zero-order chi connectivity index (χ0) is 7.90. The van der Waals surface area contributed by atoms with Crippen LogP contribution in [0.15, 0.2) is 18.3 Å². The molecule has 0 unspecified atom stereocenters. The van der Waals surface area contributed by atoms with Gasteiger partial charge < -0.3 is 15.0 Å². The fourth-order valence-corrected chi connectivity index (χ4v) is 1.46. The summed E-state index contributed by atoms with van der Waals surface area (Å²) in [7, 11) is 0. The van der Waals surface area contributed by atoms with Crippen LogP contribution < -0.4 is 4.90 Å². The highest BCUT2D eigenvalue weighted by Crippen LogP contribution is 2.25. The molecule has 0 saturated carbocycles. The summed E-state index contributed by atoms with van der Waals surface area (Å²) >= 11 is 0. The lowest BCUT2D eigenvalue weighted by atomic mass is 9.97. The third-order valence-electron chi connectivity index (χ3n) is 1.99. The summed E-state index contributed by atoms with van der Waals surface area (Å²) in [6.07, 6.45) is 1.89. The third-order valence-corrected chi connectivity index (χ3v) is 1.99. The molecular weight excluding hydrogens is 140 g/mol. The molecule has 1 aliphatic rings. The maximum Gasteiger partial charge on any atom is 0.106 e. The Labute approximate surface area is 65.6 Å². The number of nitrogens with one attached hydrogen (secondary N) is 1. The topological polar surface area (TPSA) is 39.3 Å². The van der Waals surface area contributed by atoms with Crippen molar-refractivity contribution in [3.8, 4) is 0 Å². The van der Waals surface area contributed by atoms with Gasteiger partial charge in [-0.2, -0.15) is 0 Å². The Kier molecular flexibility index (Phi) is 1.23. The predicted octanol–water partition coefficient (Wildman–Crippen LogP) is 0.586. The van der Waals surface area contributed by atoms with Gasteiger partial charge in [0.2, 0.25) is 0 Å². The molecule has 1 aromatic rings. The van der Waals surface area contributed by atoms with Crippen LogP contribution in [0, 0.1) is 0 Å². The van der Waals surface area contributed by atoms with Gasteiger partial charge in [-0.25, -0.2) is 0 Å². The van der Waals surface area contributed by atoms with E-state index in [-0.39, 0.29) is 0 Å². The third kappa shape index (κ3) is 1.12. The van der Waals surface area contributed by atoms with Crippen molar-refractivity contribution >= 4 is 5.82 Å². The average Bonchev–Trinajstić information content (AvgIpc) is 2.32. The van der Waals surface area contributed by atoms with Crippen LogP contribution in [0.1, 0.15) is 6.92 Å². The van der Waals surface area contributed by atoms with E-state index in [9.17, 15) is 5.11 Å². The van der Waals surface area contributed by atoms with Crippen molar-refractivity contribution in [2.24, 2.45) is 0 Å². The van der Waals surface area contributed by atoms with Gasteiger partial charge in [-0.05, 0) is 19.1 Å². The molecule has 3 nitrogen and oxygen atoms in total. The molecule has 1 aliphatic heterocycles. The SMILES string of the molecule is CC1(O)CN(c2ccc[nH]2)C1. The molecule has 1 fully saturated rings. The van der Waals surface area contributed by atoms with Crippen molar-refractivity contribution in [3.05, 3.63) is 18.3 Å². The first kappa shape index (κ1) is 6.73. The van der Waals surface area contributed by atoms with E-state index in [2.05, 4.69) is 9.88 Å². The summed E-state index contributed by atoms with van der Waals surface area (Å²) in [4.78, 5) is 5.20. The van der Waals surface area contributed by atoms with Crippen LogP contribution in [-0.2, 0) is 0 Å². The van der Waals surface area contributed by atoms with E-state index in [1.165, 1.54) is 0 Å². The Morgan fingerprint density at radius 3 is 2.82 bits per heavy atom. The van der Waals surface area contributed by atoms with E-state index >= 15 is 0 Å². The van der Waals surface area contributed by atoms with Gasteiger partial charge in [-0.15, -0.1) is 0 Å². The molecule has 3 heteroatoms. The Bertz CT molecular complexity index is 233. The number of β-amino-alcohol motifs (C(OH)–C–C–N with tert-alkyl or cyclic N) is 1.